The van der Waals surface area contributed by atoms with Gasteiger partial charge in [0.2, 0.25) is 0 Å². The lowest BCUT2D eigenvalue weighted by Crippen LogP contribution is -2.76. The van der Waals surface area contributed by atoms with E-state index in [2.05, 4.69) is 26.3 Å². The van der Waals surface area contributed by atoms with E-state index < -0.39 is 0 Å². The lowest BCUT2D eigenvalue weighted by Gasteiger charge is -2.76. The second-order valence-corrected chi connectivity index (χ2v) is 13.7. The third-order valence-electron chi connectivity index (χ3n) is 11.1. The van der Waals surface area contributed by atoms with Crippen LogP contribution in [0.2, 0.25) is 0 Å². The van der Waals surface area contributed by atoms with E-state index in [0.29, 0.717) is 26.4 Å². The summed E-state index contributed by atoms with van der Waals surface area (Å²) in [6.07, 6.45) is 21.5. The fourth-order valence-corrected chi connectivity index (χ4v) is 11.3. The first-order valence-corrected chi connectivity index (χ1v) is 14.3. The number of rotatable bonds is 13. The van der Waals surface area contributed by atoms with Crippen molar-refractivity contribution in [2.45, 2.75) is 99.5 Å². The highest BCUT2D eigenvalue weighted by Crippen LogP contribution is 2.78. The zero-order valence-corrected chi connectivity index (χ0v) is 22.2. The summed E-state index contributed by atoms with van der Waals surface area (Å²) < 4.78 is 27.1. The van der Waals surface area contributed by atoms with Gasteiger partial charge >= 0.3 is 0 Å². The van der Waals surface area contributed by atoms with Gasteiger partial charge in [-0.15, -0.1) is 26.3 Å². The van der Waals surface area contributed by atoms with Gasteiger partial charge in [0, 0.05) is 19.3 Å². The highest BCUT2D eigenvalue weighted by atomic mass is 16.5. The molecule has 4 nitrogen and oxygen atoms in total. The Hall–Kier alpha value is -1.20. The quantitative estimate of drug-likeness (QED) is 0.266. The summed E-state index contributed by atoms with van der Waals surface area (Å²) in [7, 11) is 0. The van der Waals surface area contributed by atoms with Gasteiger partial charge in [0.25, 0.3) is 0 Å². The highest BCUT2D eigenvalue weighted by Gasteiger charge is 2.76. The second kappa shape index (κ2) is 8.66. The van der Waals surface area contributed by atoms with Gasteiger partial charge in [0.15, 0.2) is 0 Å². The lowest BCUT2D eigenvalue weighted by molar-refractivity contribution is -0.346. The fourth-order valence-electron chi connectivity index (χ4n) is 11.3. The smallest absolute Gasteiger partial charge is 0.0747 e. The first-order valence-electron chi connectivity index (χ1n) is 14.3. The summed E-state index contributed by atoms with van der Waals surface area (Å²) in [5.74, 6) is 1.54. The molecule has 36 heavy (non-hydrogen) atoms. The third-order valence-corrected chi connectivity index (χ3v) is 11.1. The van der Waals surface area contributed by atoms with Crippen molar-refractivity contribution in [1.29, 1.82) is 0 Å². The van der Waals surface area contributed by atoms with Gasteiger partial charge in [0.1, 0.15) is 0 Å². The van der Waals surface area contributed by atoms with Crippen LogP contribution in [0.25, 0.3) is 0 Å². The monoisotopic (exact) mass is 494 g/mol. The van der Waals surface area contributed by atoms with E-state index in [4.69, 9.17) is 18.9 Å². The average Bonchev–Trinajstić information content (AvgIpc) is 2.82. The minimum Gasteiger partial charge on any atom is -0.371 e. The van der Waals surface area contributed by atoms with Gasteiger partial charge < -0.3 is 18.9 Å². The van der Waals surface area contributed by atoms with E-state index in [1.807, 2.05) is 24.3 Å². The number of ether oxygens (including phenoxy) is 4. The number of hydrogen-bond acceptors (Lipinski definition) is 4. The van der Waals surface area contributed by atoms with Crippen molar-refractivity contribution in [2.24, 2.45) is 22.7 Å². The molecule has 0 heterocycles. The van der Waals surface area contributed by atoms with Crippen molar-refractivity contribution in [1.82, 2.24) is 0 Å². The Labute approximate surface area is 218 Å². The van der Waals surface area contributed by atoms with E-state index >= 15 is 0 Å². The Morgan fingerprint density at radius 3 is 1.22 bits per heavy atom. The van der Waals surface area contributed by atoms with Gasteiger partial charge in [-0.2, -0.15) is 0 Å². The fraction of sp³-hybridized carbons (Fsp3) is 0.750. The second-order valence-electron chi connectivity index (χ2n) is 13.7. The molecule has 0 saturated heterocycles. The zero-order chi connectivity index (χ0) is 25.1. The molecule has 8 saturated carbocycles. The maximum atomic E-state index is 6.81. The van der Waals surface area contributed by atoms with Crippen LogP contribution in [0.5, 0.6) is 0 Å². The molecule has 198 valence electrons. The summed E-state index contributed by atoms with van der Waals surface area (Å²) >= 11 is 0. The molecule has 8 rings (SSSR count). The van der Waals surface area contributed by atoms with Gasteiger partial charge in [-0.25, -0.2) is 0 Å². The molecule has 0 radical (unpaired) electrons. The predicted octanol–water partition coefficient (Wildman–Crippen LogP) is 6.72. The first kappa shape index (κ1) is 25.1. The van der Waals surface area contributed by atoms with Crippen LogP contribution in [0.15, 0.2) is 50.6 Å². The standard InChI is InChI=1S/C32H46O4/c1-5-9-33-29-16-25-13-26(17-29)15-27(14-25,18-29)28-19-30(34-10-6-2)22-31(20-28,35-11-7-3)24-32(21-28,23-30)36-12-8-4/h5-8,25-26H,1-4,9-24H2. The largest absolute Gasteiger partial charge is 0.371 e. The molecule has 0 aromatic rings. The molecule has 8 fully saturated rings. The Bertz CT molecular complexity index is 828. The van der Waals surface area contributed by atoms with E-state index in [9.17, 15) is 0 Å². The van der Waals surface area contributed by atoms with Crippen molar-refractivity contribution in [2.75, 3.05) is 26.4 Å². The minimum absolute atomic E-state index is 0.0149. The van der Waals surface area contributed by atoms with Gasteiger partial charge in [0.05, 0.1) is 48.8 Å². The Morgan fingerprint density at radius 2 is 0.833 bits per heavy atom. The molecule has 2 atom stereocenters. The molecule has 8 bridgehead atoms. The van der Waals surface area contributed by atoms with E-state index in [1.165, 1.54) is 38.5 Å². The van der Waals surface area contributed by atoms with Crippen LogP contribution in [0.3, 0.4) is 0 Å². The van der Waals surface area contributed by atoms with Crippen LogP contribution in [0.4, 0.5) is 0 Å². The SMILES string of the molecule is C=CCOC12CC3CC(C1)CC(C14CC5(OCC=C)CC(OCC=C)(CC(OCC=C)(C5)C1)C4)(C3)C2. The molecular weight excluding hydrogens is 448 g/mol. The molecule has 4 heteroatoms. The molecule has 0 aromatic carbocycles. The zero-order valence-electron chi connectivity index (χ0n) is 22.2. The van der Waals surface area contributed by atoms with Crippen LogP contribution in [0, 0.1) is 22.7 Å². The van der Waals surface area contributed by atoms with Crippen LogP contribution < -0.4 is 0 Å². The summed E-state index contributed by atoms with van der Waals surface area (Å²) in [5, 5.41) is 0. The number of hydrogen-bond donors (Lipinski definition) is 0. The van der Waals surface area contributed by atoms with E-state index in [1.54, 1.807) is 0 Å². The summed E-state index contributed by atoms with van der Waals surface area (Å²) in [6.45, 7) is 18.3. The topological polar surface area (TPSA) is 36.9 Å². The minimum atomic E-state index is -0.232. The normalized spacial score (nSPS) is 49.8. The Balaban J connectivity index is 1.45. The van der Waals surface area contributed by atoms with E-state index in [-0.39, 0.29) is 33.2 Å². The van der Waals surface area contributed by atoms with E-state index in [0.717, 1.165) is 50.4 Å². The molecule has 0 spiro atoms. The maximum Gasteiger partial charge on any atom is 0.0747 e. The first-order chi connectivity index (χ1) is 17.3. The van der Waals surface area contributed by atoms with Crippen molar-refractivity contribution in [3.63, 3.8) is 0 Å². The Morgan fingerprint density at radius 1 is 0.472 bits per heavy atom. The van der Waals surface area contributed by atoms with Crippen LogP contribution >= 0.6 is 0 Å². The van der Waals surface area contributed by atoms with Gasteiger partial charge in [-0.1, -0.05) is 24.3 Å². The van der Waals surface area contributed by atoms with Gasteiger partial charge in [-0.3, -0.25) is 0 Å². The van der Waals surface area contributed by atoms with Crippen molar-refractivity contribution in [3.05, 3.63) is 50.6 Å². The molecule has 0 aromatic heterocycles. The molecule has 0 amide bonds. The third kappa shape index (κ3) is 3.77. The summed E-state index contributed by atoms with van der Waals surface area (Å²) in [6, 6.07) is 0. The molecule has 8 aliphatic rings. The molecular formula is C32H46O4. The van der Waals surface area contributed by atoms with Crippen molar-refractivity contribution in [3.8, 4) is 0 Å². The van der Waals surface area contributed by atoms with Crippen molar-refractivity contribution < 1.29 is 18.9 Å². The summed E-state index contributed by atoms with van der Waals surface area (Å²) in [5.41, 5.74) is -0.294. The van der Waals surface area contributed by atoms with Crippen molar-refractivity contribution >= 4 is 0 Å². The molecule has 0 aliphatic heterocycles. The maximum absolute atomic E-state index is 6.81. The lowest BCUT2D eigenvalue weighted by atomic mass is 9.32. The summed E-state index contributed by atoms with van der Waals surface area (Å²) in [4.78, 5) is 0. The average molecular weight is 495 g/mol. The molecule has 0 N–H and O–H groups in total. The molecule has 8 aliphatic carbocycles. The van der Waals surface area contributed by atoms with Crippen LogP contribution in [-0.4, -0.2) is 48.8 Å². The molecule has 2 unspecified atom stereocenters. The predicted molar refractivity (Wildman–Crippen MR) is 143 cm³/mol. The van der Waals surface area contributed by atoms with Gasteiger partial charge in [-0.05, 0) is 80.5 Å². The Kier molecular flexibility index (Phi) is 6.04. The highest BCUT2D eigenvalue weighted by molar-refractivity contribution is 5.28. The van der Waals surface area contributed by atoms with Crippen LogP contribution in [0.1, 0.15) is 77.0 Å². The van der Waals surface area contributed by atoms with Crippen LogP contribution in [-0.2, 0) is 18.9 Å².